The third-order valence-corrected chi connectivity index (χ3v) is 14.7. The number of hydrogen-bond acceptors (Lipinski definition) is 6. The maximum atomic E-state index is 5.22. The van der Waals surface area contributed by atoms with E-state index >= 15 is 0 Å². The molecule has 1 aliphatic carbocycles. The van der Waals surface area contributed by atoms with Crippen LogP contribution in [0, 0.1) is 0 Å². The predicted octanol–water partition coefficient (Wildman–Crippen LogP) is 14.6. The Bertz CT molecular complexity index is 3260. The predicted molar refractivity (Wildman–Crippen MR) is 248 cm³/mol. The van der Waals surface area contributed by atoms with E-state index in [-0.39, 0.29) is 10.8 Å². The van der Waals surface area contributed by atoms with Crippen molar-refractivity contribution in [3.63, 3.8) is 0 Å². The molecule has 0 amide bonds. The van der Waals surface area contributed by atoms with E-state index in [2.05, 4.69) is 153 Å². The molecule has 0 saturated heterocycles. The molecule has 0 spiro atoms. The fourth-order valence-electron chi connectivity index (χ4n) is 9.31. The number of anilines is 1. The molecular formula is C53H36N4S2. The molecule has 1 unspecified atom stereocenters. The summed E-state index contributed by atoms with van der Waals surface area (Å²) in [5, 5.41) is 9.14. The summed E-state index contributed by atoms with van der Waals surface area (Å²) in [7, 11) is 0. The van der Waals surface area contributed by atoms with Crippen molar-refractivity contribution in [2.75, 3.05) is 5.32 Å². The Balaban J connectivity index is 1.08. The topological polar surface area (TPSA) is 50.7 Å². The number of fused-ring (bicyclic) bond motifs is 9. The lowest BCUT2D eigenvalue weighted by molar-refractivity contribution is 0.660. The van der Waals surface area contributed by atoms with Gasteiger partial charge in [0.25, 0.3) is 0 Å². The molecule has 4 nitrogen and oxygen atoms in total. The molecule has 10 aromatic rings. The number of aromatic nitrogens is 3. The molecule has 2 aromatic heterocycles. The SMILES string of the molecule is CC1(C)c2ccccc2-c2c(-c3cccc4sc5c(C6Nc7ccc8ccccc8c7S6)cccc5c34)cc(-c3nc(-c4ccccc4)nc(-c4ccccc4)n3)cc21. The van der Waals surface area contributed by atoms with Gasteiger partial charge < -0.3 is 5.32 Å². The molecule has 0 bridgehead atoms. The summed E-state index contributed by atoms with van der Waals surface area (Å²) in [5.74, 6) is 1.98. The Morgan fingerprint density at radius 1 is 0.525 bits per heavy atom. The Kier molecular flexibility index (Phi) is 7.71. The molecule has 12 rings (SSSR count). The van der Waals surface area contributed by atoms with Crippen LogP contribution in [0.5, 0.6) is 0 Å². The van der Waals surface area contributed by atoms with Crippen LogP contribution in [-0.2, 0) is 5.41 Å². The minimum atomic E-state index is -0.240. The zero-order valence-corrected chi connectivity index (χ0v) is 34.0. The number of nitrogens with zero attached hydrogens (tertiary/aromatic N) is 3. The van der Waals surface area contributed by atoms with Crippen molar-refractivity contribution in [3.05, 3.63) is 187 Å². The van der Waals surface area contributed by atoms with E-state index in [0.29, 0.717) is 17.5 Å². The molecule has 0 saturated carbocycles. The molecule has 0 fully saturated rings. The molecule has 59 heavy (non-hydrogen) atoms. The van der Waals surface area contributed by atoms with Crippen LogP contribution in [-0.4, -0.2) is 15.0 Å². The first-order chi connectivity index (χ1) is 29.0. The van der Waals surface area contributed by atoms with Gasteiger partial charge in [-0.1, -0.05) is 171 Å². The average Bonchev–Trinajstić information content (AvgIpc) is 3.97. The summed E-state index contributed by atoms with van der Waals surface area (Å²) < 4.78 is 2.60. The average molecular weight is 793 g/mol. The van der Waals surface area contributed by atoms with Crippen molar-refractivity contribution in [1.82, 2.24) is 15.0 Å². The van der Waals surface area contributed by atoms with Gasteiger partial charge in [-0.3, -0.25) is 0 Å². The first-order valence-corrected chi connectivity index (χ1v) is 21.7. The highest BCUT2D eigenvalue weighted by molar-refractivity contribution is 8.00. The van der Waals surface area contributed by atoms with Gasteiger partial charge >= 0.3 is 0 Å². The van der Waals surface area contributed by atoms with Gasteiger partial charge in [-0.05, 0) is 68.4 Å². The molecule has 1 N–H and O–H groups in total. The van der Waals surface area contributed by atoms with Gasteiger partial charge in [0, 0.05) is 58.4 Å². The van der Waals surface area contributed by atoms with Gasteiger partial charge in [0.05, 0.1) is 0 Å². The second-order valence-electron chi connectivity index (χ2n) is 16.0. The van der Waals surface area contributed by atoms with Crippen LogP contribution in [0.15, 0.2) is 175 Å². The quantitative estimate of drug-likeness (QED) is 0.188. The third-order valence-electron chi connectivity index (χ3n) is 12.2. The summed E-state index contributed by atoms with van der Waals surface area (Å²) >= 11 is 3.83. The van der Waals surface area contributed by atoms with Crippen LogP contribution in [0.3, 0.4) is 0 Å². The van der Waals surface area contributed by atoms with Gasteiger partial charge in [0.15, 0.2) is 17.5 Å². The number of thioether (sulfide) groups is 1. The van der Waals surface area contributed by atoms with Gasteiger partial charge in [-0.2, -0.15) is 0 Å². The molecule has 0 radical (unpaired) electrons. The maximum Gasteiger partial charge on any atom is 0.164 e. The van der Waals surface area contributed by atoms with E-state index in [1.807, 2.05) is 59.5 Å². The van der Waals surface area contributed by atoms with Crippen LogP contribution >= 0.6 is 23.1 Å². The lowest BCUT2D eigenvalue weighted by atomic mass is 9.81. The lowest BCUT2D eigenvalue weighted by Crippen LogP contribution is -2.15. The molecule has 1 aliphatic heterocycles. The lowest BCUT2D eigenvalue weighted by Gasteiger charge is -2.23. The van der Waals surface area contributed by atoms with Crippen molar-refractivity contribution in [3.8, 4) is 56.4 Å². The highest BCUT2D eigenvalue weighted by Crippen LogP contribution is 2.56. The highest BCUT2D eigenvalue weighted by atomic mass is 32.2. The molecule has 1 atom stereocenters. The van der Waals surface area contributed by atoms with Crippen LogP contribution in [0.25, 0.3) is 87.4 Å². The van der Waals surface area contributed by atoms with Gasteiger partial charge in [0.1, 0.15) is 5.37 Å². The van der Waals surface area contributed by atoms with E-state index < -0.39 is 0 Å². The molecule has 2 aliphatic rings. The van der Waals surface area contributed by atoms with E-state index in [1.165, 1.54) is 80.5 Å². The van der Waals surface area contributed by atoms with E-state index in [0.717, 1.165) is 16.7 Å². The largest absolute Gasteiger partial charge is 0.368 e. The molecule has 280 valence electrons. The number of hydrogen-bond donors (Lipinski definition) is 1. The number of benzene rings is 8. The monoisotopic (exact) mass is 792 g/mol. The molecule has 3 heterocycles. The fourth-order valence-corrected chi connectivity index (χ4v) is 12.0. The summed E-state index contributed by atoms with van der Waals surface area (Å²) in [5.41, 5.74) is 12.8. The molecule has 6 heteroatoms. The van der Waals surface area contributed by atoms with Crippen LogP contribution in [0.1, 0.15) is 35.9 Å². The van der Waals surface area contributed by atoms with E-state index in [1.54, 1.807) is 0 Å². The second-order valence-corrected chi connectivity index (χ2v) is 18.1. The zero-order chi connectivity index (χ0) is 39.2. The number of nitrogens with one attached hydrogen (secondary N) is 1. The molecular weight excluding hydrogens is 757 g/mol. The van der Waals surface area contributed by atoms with Crippen molar-refractivity contribution in [2.45, 2.75) is 29.5 Å². The van der Waals surface area contributed by atoms with Crippen molar-refractivity contribution in [1.29, 1.82) is 0 Å². The van der Waals surface area contributed by atoms with Crippen LogP contribution in [0.2, 0.25) is 0 Å². The van der Waals surface area contributed by atoms with Gasteiger partial charge in [0.2, 0.25) is 0 Å². The minimum absolute atomic E-state index is 0.109. The first kappa shape index (κ1) is 34.4. The number of rotatable bonds is 5. The fraction of sp³-hybridized carbons (Fsp3) is 0.0755. The zero-order valence-electron chi connectivity index (χ0n) is 32.4. The summed E-state index contributed by atoms with van der Waals surface area (Å²) in [6.45, 7) is 4.70. The Hall–Kier alpha value is -6.60. The van der Waals surface area contributed by atoms with E-state index in [9.17, 15) is 0 Å². The molecule has 8 aromatic carbocycles. The third kappa shape index (κ3) is 5.40. The Morgan fingerprint density at radius 3 is 1.95 bits per heavy atom. The summed E-state index contributed by atoms with van der Waals surface area (Å²) in [6.07, 6.45) is 0. The first-order valence-electron chi connectivity index (χ1n) is 20.0. The smallest absolute Gasteiger partial charge is 0.164 e. The maximum absolute atomic E-state index is 5.22. The highest BCUT2D eigenvalue weighted by Gasteiger charge is 2.38. The minimum Gasteiger partial charge on any atom is -0.368 e. The van der Waals surface area contributed by atoms with Crippen LogP contribution in [0.4, 0.5) is 5.69 Å². The van der Waals surface area contributed by atoms with Crippen molar-refractivity contribution >= 4 is 59.7 Å². The normalized spacial score (nSPS) is 15.0. The van der Waals surface area contributed by atoms with Gasteiger partial charge in [-0.15, -0.1) is 11.3 Å². The van der Waals surface area contributed by atoms with Gasteiger partial charge in [-0.25, -0.2) is 15.0 Å². The van der Waals surface area contributed by atoms with E-state index in [4.69, 9.17) is 15.0 Å². The van der Waals surface area contributed by atoms with Crippen molar-refractivity contribution in [2.24, 2.45) is 0 Å². The van der Waals surface area contributed by atoms with Crippen molar-refractivity contribution < 1.29 is 0 Å². The Labute approximate surface area is 350 Å². The summed E-state index contributed by atoms with van der Waals surface area (Å²) in [6, 6.07) is 60.9. The second kappa shape index (κ2) is 13.2. The number of thiophene rings is 1. The van der Waals surface area contributed by atoms with Crippen LogP contribution < -0.4 is 5.32 Å². The Morgan fingerprint density at radius 2 is 1.17 bits per heavy atom. The summed E-state index contributed by atoms with van der Waals surface area (Å²) in [4.78, 5) is 16.8. The standard InChI is InChI=1S/C53H36N4S2/c1-53(2)41-25-12-11-21-37(41)45-40(29-34(30-42(45)53)51-56-49(32-16-5-3-6-17-32)55-50(57-51)33-18-7-4-8-19-33)36-22-14-26-44-46(36)38-23-13-24-39(47(38)58-44)52-54-43-28-27-31-15-9-10-20-35(31)48(43)59-52/h3-30,52,54H,1-2H3.